The van der Waals surface area contributed by atoms with Gasteiger partial charge < -0.3 is 5.11 Å². The first-order chi connectivity index (χ1) is 7.74. The van der Waals surface area contributed by atoms with Gasteiger partial charge in [0.05, 0.1) is 5.60 Å². The summed E-state index contributed by atoms with van der Waals surface area (Å²) in [6.07, 6.45) is -3.50. The van der Waals surface area contributed by atoms with Gasteiger partial charge >= 0.3 is 6.18 Å². The van der Waals surface area contributed by atoms with Gasteiger partial charge in [0.25, 0.3) is 0 Å². The first-order valence-corrected chi connectivity index (χ1v) is 5.63. The summed E-state index contributed by atoms with van der Waals surface area (Å²) in [5, 5.41) is 13.5. The van der Waals surface area contributed by atoms with Crippen molar-refractivity contribution >= 4 is 0 Å². The summed E-state index contributed by atoms with van der Waals surface area (Å²) in [5.41, 5.74) is -1.12. The van der Waals surface area contributed by atoms with Crippen molar-refractivity contribution in [3.05, 3.63) is 17.0 Å². The second-order valence-electron chi connectivity index (χ2n) is 4.76. The largest absolute Gasteiger partial charge is 0.435 e. The molecular formula is C11H15F3N2O. The quantitative estimate of drug-likeness (QED) is 0.827. The molecule has 6 heteroatoms. The number of hydrogen-bond donors (Lipinski definition) is 1. The highest BCUT2D eigenvalue weighted by molar-refractivity contribution is 5.32. The average Bonchev–Trinajstić information content (AvgIpc) is 2.53. The van der Waals surface area contributed by atoms with Gasteiger partial charge in [0.2, 0.25) is 0 Å². The molecule has 3 nitrogen and oxygen atoms in total. The lowest BCUT2D eigenvalue weighted by atomic mass is 9.84. The zero-order chi connectivity index (χ0) is 12.8. The van der Waals surface area contributed by atoms with Crippen molar-refractivity contribution in [2.75, 3.05) is 0 Å². The zero-order valence-corrected chi connectivity index (χ0v) is 9.80. The SMILES string of the molecule is CCn1nc(C(F)(F)F)c2c1CCC(C)(O)C2. The molecule has 1 atom stereocenters. The van der Waals surface area contributed by atoms with Crippen molar-refractivity contribution in [2.24, 2.45) is 0 Å². The molecule has 1 aliphatic rings. The summed E-state index contributed by atoms with van der Waals surface area (Å²) in [6, 6.07) is 0. The van der Waals surface area contributed by atoms with Crippen molar-refractivity contribution in [3.63, 3.8) is 0 Å². The highest BCUT2D eigenvalue weighted by Crippen LogP contribution is 2.38. The maximum atomic E-state index is 12.8. The Hall–Kier alpha value is -1.04. The van der Waals surface area contributed by atoms with Gasteiger partial charge in [-0.3, -0.25) is 4.68 Å². The Morgan fingerprint density at radius 3 is 2.65 bits per heavy atom. The number of hydrogen-bond acceptors (Lipinski definition) is 2. The third-order valence-electron chi connectivity index (χ3n) is 3.19. The normalized spacial score (nSPS) is 24.8. The van der Waals surface area contributed by atoms with Gasteiger partial charge in [0, 0.05) is 24.2 Å². The Balaban J connectivity index is 2.53. The van der Waals surface area contributed by atoms with Crippen LogP contribution in [0.15, 0.2) is 0 Å². The third-order valence-corrected chi connectivity index (χ3v) is 3.19. The molecule has 0 amide bonds. The van der Waals surface area contributed by atoms with E-state index >= 15 is 0 Å². The van der Waals surface area contributed by atoms with E-state index in [1.165, 1.54) is 4.68 Å². The molecule has 0 spiro atoms. The van der Waals surface area contributed by atoms with E-state index in [9.17, 15) is 18.3 Å². The summed E-state index contributed by atoms with van der Waals surface area (Å²) >= 11 is 0. The smallest absolute Gasteiger partial charge is 0.390 e. The van der Waals surface area contributed by atoms with E-state index in [1.54, 1.807) is 13.8 Å². The van der Waals surface area contributed by atoms with Crippen LogP contribution in [0, 0.1) is 0 Å². The third kappa shape index (κ3) is 2.18. The van der Waals surface area contributed by atoms with Crippen LogP contribution in [0.25, 0.3) is 0 Å². The predicted molar refractivity (Wildman–Crippen MR) is 55.6 cm³/mol. The minimum atomic E-state index is -4.45. The minimum Gasteiger partial charge on any atom is -0.390 e. The number of nitrogens with zero attached hydrogens (tertiary/aromatic N) is 2. The highest BCUT2D eigenvalue weighted by Gasteiger charge is 2.42. The van der Waals surface area contributed by atoms with Crippen LogP contribution >= 0.6 is 0 Å². The van der Waals surface area contributed by atoms with Crippen LogP contribution in [0.2, 0.25) is 0 Å². The van der Waals surface area contributed by atoms with Gasteiger partial charge in [-0.15, -0.1) is 0 Å². The van der Waals surface area contributed by atoms with Crippen molar-refractivity contribution in [2.45, 2.75) is 51.4 Å². The Morgan fingerprint density at radius 1 is 1.47 bits per heavy atom. The van der Waals surface area contributed by atoms with Crippen LogP contribution in [0.4, 0.5) is 13.2 Å². The maximum absolute atomic E-state index is 12.8. The Morgan fingerprint density at radius 2 is 2.12 bits per heavy atom. The average molecular weight is 248 g/mol. The van der Waals surface area contributed by atoms with E-state index in [4.69, 9.17) is 0 Å². The fourth-order valence-electron chi connectivity index (χ4n) is 2.35. The van der Waals surface area contributed by atoms with Gasteiger partial charge in [-0.1, -0.05) is 0 Å². The van der Waals surface area contributed by atoms with Crippen LogP contribution in [0.5, 0.6) is 0 Å². The fraction of sp³-hybridized carbons (Fsp3) is 0.727. The van der Waals surface area contributed by atoms with E-state index in [2.05, 4.69) is 5.10 Å². The van der Waals surface area contributed by atoms with Crippen LogP contribution in [0.1, 0.15) is 37.2 Å². The number of alkyl halides is 3. The van der Waals surface area contributed by atoms with Gasteiger partial charge in [-0.25, -0.2) is 0 Å². The van der Waals surface area contributed by atoms with E-state index in [-0.39, 0.29) is 12.0 Å². The standard InChI is InChI=1S/C11H15F3N2O/c1-3-16-8-4-5-10(2,17)6-7(8)9(15-16)11(12,13)14/h17H,3-6H2,1-2H3. The topological polar surface area (TPSA) is 38.0 Å². The van der Waals surface area contributed by atoms with Crippen molar-refractivity contribution in [1.82, 2.24) is 9.78 Å². The number of aromatic nitrogens is 2. The molecule has 2 rings (SSSR count). The van der Waals surface area contributed by atoms with Gasteiger partial charge in [0.15, 0.2) is 5.69 Å². The Labute approximate surface area is 97.2 Å². The van der Waals surface area contributed by atoms with Crippen LogP contribution in [0.3, 0.4) is 0 Å². The monoisotopic (exact) mass is 248 g/mol. The molecule has 1 unspecified atom stereocenters. The lowest BCUT2D eigenvalue weighted by Crippen LogP contribution is -2.33. The van der Waals surface area contributed by atoms with E-state index in [0.717, 1.165) is 0 Å². The zero-order valence-electron chi connectivity index (χ0n) is 9.80. The molecule has 0 saturated carbocycles. The van der Waals surface area contributed by atoms with E-state index < -0.39 is 17.5 Å². The van der Waals surface area contributed by atoms with E-state index in [0.29, 0.717) is 25.1 Å². The summed E-state index contributed by atoms with van der Waals surface area (Å²) < 4.78 is 39.9. The molecule has 1 aliphatic carbocycles. The molecule has 0 fully saturated rings. The predicted octanol–water partition coefficient (Wildman–Crippen LogP) is 2.16. The molecule has 1 N–H and O–H groups in total. The summed E-state index contributed by atoms with van der Waals surface area (Å²) in [7, 11) is 0. The summed E-state index contributed by atoms with van der Waals surface area (Å²) in [5.74, 6) is 0. The minimum absolute atomic E-state index is 0.0250. The number of aryl methyl sites for hydroxylation is 1. The first-order valence-electron chi connectivity index (χ1n) is 5.63. The molecule has 96 valence electrons. The van der Waals surface area contributed by atoms with Crippen molar-refractivity contribution in [3.8, 4) is 0 Å². The van der Waals surface area contributed by atoms with Crippen molar-refractivity contribution in [1.29, 1.82) is 0 Å². The molecular weight excluding hydrogens is 233 g/mol. The van der Waals surface area contributed by atoms with Gasteiger partial charge in [0.1, 0.15) is 0 Å². The van der Waals surface area contributed by atoms with Crippen LogP contribution in [-0.2, 0) is 25.6 Å². The number of aliphatic hydroxyl groups is 1. The molecule has 1 aromatic rings. The number of fused-ring (bicyclic) bond motifs is 1. The van der Waals surface area contributed by atoms with E-state index in [1.807, 2.05) is 0 Å². The molecule has 0 radical (unpaired) electrons. The number of halogens is 3. The second-order valence-corrected chi connectivity index (χ2v) is 4.76. The maximum Gasteiger partial charge on any atom is 0.435 e. The summed E-state index contributed by atoms with van der Waals surface area (Å²) in [4.78, 5) is 0. The lowest BCUT2D eigenvalue weighted by Gasteiger charge is -2.28. The molecule has 1 heterocycles. The lowest BCUT2D eigenvalue weighted by molar-refractivity contribution is -0.142. The van der Waals surface area contributed by atoms with Crippen LogP contribution < -0.4 is 0 Å². The second kappa shape index (κ2) is 3.73. The fourth-order valence-corrected chi connectivity index (χ4v) is 2.35. The molecule has 17 heavy (non-hydrogen) atoms. The van der Waals surface area contributed by atoms with Crippen LogP contribution in [-0.4, -0.2) is 20.5 Å². The molecule has 0 bridgehead atoms. The summed E-state index contributed by atoms with van der Waals surface area (Å²) in [6.45, 7) is 3.75. The van der Waals surface area contributed by atoms with Gasteiger partial charge in [-0.05, 0) is 26.7 Å². The van der Waals surface area contributed by atoms with Gasteiger partial charge in [-0.2, -0.15) is 18.3 Å². The Bertz CT molecular complexity index is 435. The molecule has 0 aromatic carbocycles. The molecule has 0 saturated heterocycles. The van der Waals surface area contributed by atoms with Crippen molar-refractivity contribution < 1.29 is 18.3 Å². The highest BCUT2D eigenvalue weighted by atomic mass is 19.4. The number of rotatable bonds is 1. The molecule has 1 aromatic heterocycles. The Kier molecular flexibility index (Phi) is 2.72. The first kappa shape index (κ1) is 12.4. The molecule has 0 aliphatic heterocycles.